The number of hydrogen-bond acceptors (Lipinski definition) is 9. The van der Waals surface area contributed by atoms with Gasteiger partial charge in [-0.2, -0.15) is 26.3 Å². The number of carbonyl (C=O) groups excluding carboxylic acids is 8. The first-order valence-electron chi connectivity index (χ1n) is 23.5. The molecule has 6 aromatic rings. The second-order valence-electron chi connectivity index (χ2n) is 19.9. The monoisotopic (exact) mass is 1120 g/mol. The Morgan fingerprint density at radius 3 is 0.988 bits per heavy atom. The lowest BCUT2D eigenvalue weighted by molar-refractivity contribution is -0.173. The molecule has 0 bridgehead atoms. The standard InChI is InChI=1S/C57H40F6N4O10.4CH4/c1-24-17-29(53(76)77)19-34(18-24)65-47(70)36-14-10-31(21-40(36)50(65)73)55(7,57(61,62)63)33-12-16-38-42(23-33)52(75)67(49(38)72)44-27(4)25(2)43(26(3)28(44)5)66-48(71)37-15-11-32(22-41(37)51(66)74)54(6,56(58,59)60)30-9-13-35-39(20-30)46(69)64(8)45(35)68;;;;/h9-23H,1-8H3,(H,76,77);4*1H4. The van der Waals surface area contributed by atoms with Gasteiger partial charge in [0.1, 0.15) is 10.8 Å². The third-order valence-electron chi connectivity index (χ3n) is 15.8. The largest absolute Gasteiger partial charge is 0.478 e. The molecule has 6 aromatic carbocycles. The summed E-state index contributed by atoms with van der Waals surface area (Å²) in [7, 11) is 1.20. The molecule has 0 spiro atoms. The van der Waals surface area contributed by atoms with Gasteiger partial charge in [0.2, 0.25) is 0 Å². The van der Waals surface area contributed by atoms with Gasteiger partial charge in [0.25, 0.3) is 47.3 Å². The molecule has 0 aliphatic carbocycles. The van der Waals surface area contributed by atoms with Crippen molar-refractivity contribution in [2.45, 2.75) is 101 Å². The highest BCUT2D eigenvalue weighted by molar-refractivity contribution is 6.37. The Morgan fingerprint density at radius 2 is 0.667 bits per heavy atom. The molecule has 0 saturated heterocycles. The van der Waals surface area contributed by atoms with Crippen molar-refractivity contribution in [2.24, 2.45) is 0 Å². The minimum absolute atomic E-state index is 0. The van der Waals surface area contributed by atoms with Crippen molar-refractivity contribution in [2.75, 3.05) is 21.7 Å². The molecule has 4 heterocycles. The molecule has 20 heteroatoms. The average Bonchev–Trinajstić information content (AvgIpc) is 3.86. The first-order chi connectivity index (χ1) is 35.9. The number of rotatable bonds is 8. The molecule has 0 saturated carbocycles. The number of amides is 8. The normalized spacial score (nSPS) is 16.0. The Labute approximate surface area is 462 Å². The van der Waals surface area contributed by atoms with Crippen LogP contribution in [0, 0.1) is 34.6 Å². The molecule has 2 unspecified atom stereocenters. The van der Waals surface area contributed by atoms with Gasteiger partial charge in [0, 0.05) is 7.05 Å². The number of anilines is 3. The predicted molar refractivity (Wildman–Crippen MR) is 291 cm³/mol. The lowest BCUT2D eigenvalue weighted by Crippen LogP contribution is -2.41. The third-order valence-corrected chi connectivity index (χ3v) is 15.8. The van der Waals surface area contributed by atoms with Gasteiger partial charge >= 0.3 is 18.3 Å². The summed E-state index contributed by atoms with van der Waals surface area (Å²) in [6.07, 6.45) is -10.2. The Hall–Kier alpha value is -9.07. The summed E-state index contributed by atoms with van der Waals surface area (Å²) in [6.45, 7) is 9.14. The number of carbonyl (C=O) groups is 9. The molecule has 1 N–H and O–H groups in total. The van der Waals surface area contributed by atoms with Crippen molar-refractivity contribution >= 4 is 70.3 Å². The lowest BCUT2D eigenvalue weighted by atomic mass is 9.74. The molecule has 2 atom stereocenters. The molecule has 14 nitrogen and oxygen atoms in total. The summed E-state index contributed by atoms with van der Waals surface area (Å²) in [5.41, 5.74) is -9.20. The maximum atomic E-state index is 15.6. The van der Waals surface area contributed by atoms with Crippen molar-refractivity contribution in [3.63, 3.8) is 0 Å². The summed E-state index contributed by atoms with van der Waals surface area (Å²) < 4.78 is 92.9. The number of imide groups is 4. The Kier molecular flexibility index (Phi) is 15.0. The number of hydrogen-bond donors (Lipinski definition) is 1. The van der Waals surface area contributed by atoms with Crippen molar-refractivity contribution in [3.8, 4) is 0 Å². The topological polar surface area (TPSA) is 187 Å². The van der Waals surface area contributed by atoms with Gasteiger partial charge in [-0.1, -0.05) is 54.0 Å². The fourth-order valence-electron chi connectivity index (χ4n) is 10.9. The number of carboxylic acids is 1. The van der Waals surface area contributed by atoms with Crippen LogP contribution < -0.4 is 14.7 Å². The fraction of sp³-hybridized carbons (Fsp3) is 0.262. The molecule has 0 fully saturated rings. The highest BCUT2D eigenvalue weighted by atomic mass is 19.4. The van der Waals surface area contributed by atoms with E-state index in [1.165, 1.54) is 53.8 Å². The van der Waals surface area contributed by atoms with Gasteiger partial charge in [-0.05, 0) is 165 Å². The lowest BCUT2D eigenvalue weighted by Gasteiger charge is -2.33. The van der Waals surface area contributed by atoms with Crippen LogP contribution in [-0.2, 0) is 10.8 Å². The number of halogens is 6. The molecule has 4 aliphatic heterocycles. The van der Waals surface area contributed by atoms with E-state index in [0.29, 0.717) is 10.5 Å². The maximum Gasteiger partial charge on any atom is 0.402 e. The van der Waals surface area contributed by atoms with Gasteiger partial charge in [-0.25, -0.2) is 19.5 Å². The number of aromatic carboxylic acids is 1. The number of aryl methyl sites for hydroxylation is 1. The maximum absolute atomic E-state index is 15.6. The van der Waals surface area contributed by atoms with Crippen molar-refractivity contribution < 1.29 is 74.6 Å². The van der Waals surface area contributed by atoms with Crippen LogP contribution in [-0.4, -0.2) is 82.6 Å². The van der Waals surface area contributed by atoms with E-state index < -0.39 is 110 Å². The van der Waals surface area contributed by atoms with E-state index in [1.54, 1.807) is 0 Å². The van der Waals surface area contributed by atoms with Crippen LogP contribution in [0.5, 0.6) is 0 Å². The highest BCUT2D eigenvalue weighted by Crippen LogP contribution is 2.51. The summed E-state index contributed by atoms with van der Waals surface area (Å²) in [5, 5.41) is 9.59. The quantitative estimate of drug-likeness (QED) is 0.113. The number of carboxylic acid groups (broad SMARTS) is 1. The molecule has 10 rings (SSSR count). The molecule has 8 amide bonds. The summed E-state index contributed by atoms with van der Waals surface area (Å²) in [5.74, 6) is -8.57. The fourth-order valence-corrected chi connectivity index (χ4v) is 10.9. The first-order valence-corrected chi connectivity index (χ1v) is 23.5. The number of fused-ring (bicyclic) bond motifs is 4. The predicted octanol–water partition coefficient (Wildman–Crippen LogP) is 12.8. The first kappa shape index (κ1) is 61.1. The Morgan fingerprint density at radius 1 is 0.395 bits per heavy atom. The van der Waals surface area contributed by atoms with E-state index in [1.807, 2.05) is 0 Å². The van der Waals surface area contributed by atoms with Gasteiger partial charge in [-0.15, -0.1) is 0 Å². The molecule has 81 heavy (non-hydrogen) atoms. The molecule has 0 radical (unpaired) electrons. The Bertz CT molecular complexity index is 3830. The van der Waals surface area contributed by atoms with E-state index in [9.17, 15) is 48.3 Å². The van der Waals surface area contributed by atoms with E-state index in [-0.39, 0.29) is 108 Å². The van der Waals surface area contributed by atoms with E-state index in [0.717, 1.165) is 107 Å². The van der Waals surface area contributed by atoms with Gasteiger partial charge in [0.15, 0.2) is 0 Å². The summed E-state index contributed by atoms with van der Waals surface area (Å²) in [6, 6.07) is 16.0. The molecule has 422 valence electrons. The smallest absolute Gasteiger partial charge is 0.402 e. The Balaban J connectivity index is 0.00000264. The molecular formula is C61H56F6N4O10. The second kappa shape index (κ2) is 19.9. The number of alkyl halides is 6. The summed E-state index contributed by atoms with van der Waals surface area (Å²) in [4.78, 5) is 125. The van der Waals surface area contributed by atoms with Crippen molar-refractivity contribution in [3.05, 3.63) is 191 Å². The van der Waals surface area contributed by atoms with Crippen LogP contribution in [0.1, 0.15) is 187 Å². The highest BCUT2D eigenvalue weighted by Gasteiger charge is 2.57. The SMILES string of the molecule is C.C.C.C.Cc1cc(C(=O)O)cc(N2C(=O)c3ccc(C(C)(c4ccc5c(c4)C(=O)N(c4c(C)c(C)c(N6C(=O)c7ccc(C(C)(c8ccc9c(c8)C(=O)N(C)C9=O)C(F)(F)F)cc7C6=O)c(C)c4C)C5=O)C(F)(F)F)cc3C2=O)c1. The zero-order valence-corrected chi connectivity index (χ0v) is 41.8. The summed E-state index contributed by atoms with van der Waals surface area (Å²) >= 11 is 0. The van der Waals surface area contributed by atoms with Crippen LogP contribution in [0.3, 0.4) is 0 Å². The average molecular weight is 1120 g/mol. The second-order valence-corrected chi connectivity index (χ2v) is 19.9. The van der Waals surface area contributed by atoms with Crippen LogP contribution in [0.25, 0.3) is 0 Å². The van der Waals surface area contributed by atoms with Crippen LogP contribution in [0.15, 0.2) is 91.0 Å². The van der Waals surface area contributed by atoms with Crippen LogP contribution >= 0.6 is 0 Å². The van der Waals surface area contributed by atoms with Crippen molar-refractivity contribution in [1.29, 1.82) is 0 Å². The number of benzene rings is 6. The minimum atomic E-state index is -5.14. The van der Waals surface area contributed by atoms with Gasteiger partial charge < -0.3 is 5.11 Å². The zero-order valence-electron chi connectivity index (χ0n) is 41.8. The molecule has 4 aliphatic rings. The van der Waals surface area contributed by atoms with Gasteiger partial charge in [0.05, 0.1) is 67.1 Å². The van der Waals surface area contributed by atoms with E-state index in [2.05, 4.69) is 0 Å². The third kappa shape index (κ3) is 8.35. The molecular weight excluding hydrogens is 1060 g/mol. The minimum Gasteiger partial charge on any atom is -0.478 e. The van der Waals surface area contributed by atoms with Crippen molar-refractivity contribution in [1.82, 2.24) is 4.90 Å². The molecule has 0 aromatic heterocycles. The van der Waals surface area contributed by atoms with Crippen LogP contribution in [0.4, 0.5) is 43.4 Å². The van der Waals surface area contributed by atoms with Gasteiger partial charge in [-0.3, -0.25) is 43.3 Å². The van der Waals surface area contributed by atoms with E-state index in [4.69, 9.17) is 0 Å². The number of nitrogens with zero attached hydrogens (tertiary/aromatic N) is 4. The van der Waals surface area contributed by atoms with E-state index >= 15 is 26.3 Å². The zero-order chi connectivity index (χ0) is 56.2. The van der Waals surface area contributed by atoms with Crippen LogP contribution in [0.2, 0.25) is 0 Å².